The summed E-state index contributed by atoms with van der Waals surface area (Å²) < 4.78 is 5.66. The Kier molecular flexibility index (Phi) is 5.00. The Labute approximate surface area is 103 Å². The van der Waals surface area contributed by atoms with Crippen LogP contribution in [0.15, 0.2) is 23.1 Å². The summed E-state index contributed by atoms with van der Waals surface area (Å²) in [6, 6.07) is 6.01. The first-order valence-electron chi connectivity index (χ1n) is 5.75. The molecule has 2 nitrogen and oxygen atoms in total. The van der Waals surface area contributed by atoms with Crippen molar-refractivity contribution in [3.63, 3.8) is 0 Å². The van der Waals surface area contributed by atoms with Gasteiger partial charge < -0.3 is 10.5 Å². The van der Waals surface area contributed by atoms with Gasteiger partial charge in [-0.25, -0.2) is 0 Å². The fraction of sp³-hybridized carbons (Fsp3) is 0.538. The van der Waals surface area contributed by atoms with E-state index in [0.717, 1.165) is 12.2 Å². The van der Waals surface area contributed by atoms with Crippen LogP contribution in [0.1, 0.15) is 34.1 Å². The number of nitrogen functional groups attached to an aromatic ring is 1. The van der Waals surface area contributed by atoms with Gasteiger partial charge in [0.15, 0.2) is 0 Å². The Balaban J connectivity index is 2.80. The lowest BCUT2D eigenvalue weighted by molar-refractivity contribution is 0.243. The molecule has 0 amide bonds. The number of anilines is 1. The van der Waals surface area contributed by atoms with Crippen LogP contribution in [0.25, 0.3) is 0 Å². The summed E-state index contributed by atoms with van der Waals surface area (Å²) in [6.07, 6.45) is 1.32. The highest BCUT2D eigenvalue weighted by Crippen LogP contribution is 2.32. The number of rotatable bonds is 5. The first-order valence-corrected chi connectivity index (χ1v) is 6.63. The fourth-order valence-corrected chi connectivity index (χ4v) is 2.21. The van der Waals surface area contributed by atoms with Crippen LogP contribution < -0.4 is 10.5 Å². The molecule has 0 aromatic heterocycles. The molecular weight excluding hydrogens is 218 g/mol. The highest BCUT2D eigenvalue weighted by atomic mass is 32.2. The summed E-state index contributed by atoms with van der Waals surface area (Å²) >= 11 is 1.86. The lowest BCUT2D eigenvalue weighted by atomic mass is 10.3. The molecule has 2 N–H and O–H groups in total. The fourth-order valence-electron chi connectivity index (χ4n) is 1.26. The zero-order chi connectivity index (χ0) is 12.1. The maximum absolute atomic E-state index is 5.87. The number of nitrogens with two attached hydrogens (primary N) is 1. The van der Waals surface area contributed by atoms with Crippen LogP contribution in [0, 0.1) is 0 Å². The van der Waals surface area contributed by atoms with E-state index in [0.29, 0.717) is 10.9 Å². The molecule has 0 aliphatic carbocycles. The first-order chi connectivity index (χ1) is 7.52. The van der Waals surface area contributed by atoms with Gasteiger partial charge in [0.05, 0.1) is 11.8 Å². The average Bonchev–Trinajstić information content (AvgIpc) is 2.22. The molecule has 0 fully saturated rings. The summed E-state index contributed by atoms with van der Waals surface area (Å²) in [6.45, 7) is 8.44. The summed E-state index contributed by atoms with van der Waals surface area (Å²) in [5, 5.41) is 0.621. The number of hydrogen-bond acceptors (Lipinski definition) is 3. The first kappa shape index (κ1) is 13.2. The van der Waals surface area contributed by atoms with E-state index < -0.39 is 0 Å². The van der Waals surface area contributed by atoms with Crippen LogP contribution in [0.4, 0.5) is 5.69 Å². The minimum Gasteiger partial charge on any atom is -0.489 e. The third-order valence-electron chi connectivity index (χ3n) is 2.26. The Morgan fingerprint density at radius 1 is 1.31 bits per heavy atom. The minimum absolute atomic E-state index is 0.158. The van der Waals surface area contributed by atoms with Crippen LogP contribution >= 0.6 is 11.8 Å². The molecule has 0 saturated heterocycles. The van der Waals surface area contributed by atoms with Crippen molar-refractivity contribution in [2.45, 2.75) is 50.4 Å². The topological polar surface area (TPSA) is 35.2 Å². The Morgan fingerprint density at radius 2 is 2.00 bits per heavy atom. The van der Waals surface area contributed by atoms with Crippen molar-refractivity contribution in [3.05, 3.63) is 18.2 Å². The normalized spacial score (nSPS) is 12.8. The van der Waals surface area contributed by atoms with E-state index >= 15 is 0 Å². The average molecular weight is 239 g/mol. The molecule has 0 bridgehead atoms. The molecule has 1 aromatic carbocycles. The van der Waals surface area contributed by atoms with Crippen molar-refractivity contribution in [3.8, 4) is 5.75 Å². The molecule has 0 saturated carbocycles. The van der Waals surface area contributed by atoms with Crippen LogP contribution in [0.5, 0.6) is 5.75 Å². The molecule has 0 heterocycles. The Hall–Kier alpha value is -0.830. The summed E-state index contributed by atoms with van der Waals surface area (Å²) in [4.78, 5) is 1.22. The molecule has 3 heteroatoms. The molecule has 1 rings (SSSR count). The van der Waals surface area contributed by atoms with Gasteiger partial charge in [0.1, 0.15) is 5.75 Å². The maximum Gasteiger partial charge on any atom is 0.143 e. The Morgan fingerprint density at radius 3 is 2.56 bits per heavy atom. The summed E-state index contributed by atoms with van der Waals surface area (Å²) in [7, 11) is 0. The number of hydrogen-bond donors (Lipinski definition) is 1. The number of ether oxygens (including phenoxy) is 1. The van der Waals surface area contributed by atoms with Crippen molar-refractivity contribution >= 4 is 17.4 Å². The van der Waals surface area contributed by atoms with Gasteiger partial charge >= 0.3 is 0 Å². The lowest BCUT2D eigenvalue weighted by Gasteiger charge is -2.14. The smallest absolute Gasteiger partial charge is 0.143 e. The Bertz CT molecular complexity index is 339. The molecule has 90 valence electrons. The van der Waals surface area contributed by atoms with Gasteiger partial charge in [-0.15, -0.1) is 11.8 Å². The predicted octanol–water partition coefficient (Wildman–Crippen LogP) is 3.95. The largest absolute Gasteiger partial charge is 0.489 e. The van der Waals surface area contributed by atoms with Crippen molar-refractivity contribution in [2.24, 2.45) is 0 Å². The zero-order valence-electron chi connectivity index (χ0n) is 10.5. The van der Waals surface area contributed by atoms with Crippen LogP contribution in [-0.2, 0) is 0 Å². The molecular formula is C13H21NOS. The lowest BCUT2D eigenvalue weighted by Crippen LogP contribution is -2.07. The highest BCUT2D eigenvalue weighted by molar-refractivity contribution is 7.99. The van der Waals surface area contributed by atoms with Gasteiger partial charge in [0, 0.05) is 10.1 Å². The highest BCUT2D eigenvalue weighted by Gasteiger charge is 2.07. The van der Waals surface area contributed by atoms with Gasteiger partial charge in [-0.3, -0.25) is 0 Å². The third kappa shape index (κ3) is 3.97. The monoisotopic (exact) mass is 239 g/mol. The number of thioether (sulfide) groups is 1. The molecule has 1 unspecified atom stereocenters. The second-order valence-electron chi connectivity index (χ2n) is 4.20. The second-order valence-corrected chi connectivity index (χ2v) is 5.71. The quantitative estimate of drug-likeness (QED) is 0.624. The van der Waals surface area contributed by atoms with Gasteiger partial charge in [0.2, 0.25) is 0 Å². The molecule has 0 radical (unpaired) electrons. The summed E-state index contributed by atoms with van der Waals surface area (Å²) in [5.41, 5.74) is 6.58. The summed E-state index contributed by atoms with van der Waals surface area (Å²) in [5.74, 6) is 0.795. The van der Waals surface area contributed by atoms with Gasteiger partial charge in [-0.1, -0.05) is 13.8 Å². The predicted molar refractivity (Wildman–Crippen MR) is 72.2 cm³/mol. The molecule has 0 aliphatic heterocycles. The molecule has 1 atom stereocenters. The van der Waals surface area contributed by atoms with Gasteiger partial charge in [-0.05, 0) is 38.5 Å². The van der Waals surface area contributed by atoms with E-state index in [1.807, 2.05) is 37.7 Å². The van der Waals surface area contributed by atoms with E-state index in [1.165, 1.54) is 4.90 Å². The van der Waals surface area contributed by atoms with E-state index in [2.05, 4.69) is 19.9 Å². The van der Waals surface area contributed by atoms with Crippen molar-refractivity contribution in [1.29, 1.82) is 0 Å². The maximum atomic E-state index is 5.87. The van der Waals surface area contributed by atoms with E-state index in [1.54, 1.807) is 0 Å². The van der Waals surface area contributed by atoms with E-state index in [-0.39, 0.29) is 6.10 Å². The van der Waals surface area contributed by atoms with E-state index in [9.17, 15) is 0 Å². The SMILES string of the molecule is CCC(C)Sc1ccc(N)c(OC(C)C)c1. The standard InChI is InChI=1S/C13H21NOS/c1-5-10(4)16-11-6-7-12(14)13(8-11)15-9(2)3/h6-10H,5,14H2,1-4H3. The van der Waals surface area contributed by atoms with Crippen molar-refractivity contribution in [1.82, 2.24) is 0 Å². The second kappa shape index (κ2) is 6.04. The van der Waals surface area contributed by atoms with Crippen molar-refractivity contribution in [2.75, 3.05) is 5.73 Å². The molecule has 0 spiro atoms. The van der Waals surface area contributed by atoms with Gasteiger partial charge in [0.25, 0.3) is 0 Å². The molecule has 1 aromatic rings. The zero-order valence-corrected chi connectivity index (χ0v) is 11.3. The minimum atomic E-state index is 0.158. The molecule has 0 aliphatic rings. The van der Waals surface area contributed by atoms with Crippen LogP contribution in [0.2, 0.25) is 0 Å². The van der Waals surface area contributed by atoms with Crippen LogP contribution in [-0.4, -0.2) is 11.4 Å². The van der Waals surface area contributed by atoms with E-state index in [4.69, 9.17) is 10.5 Å². The van der Waals surface area contributed by atoms with Crippen molar-refractivity contribution < 1.29 is 4.74 Å². The van der Waals surface area contributed by atoms with Gasteiger partial charge in [-0.2, -0.15) is 0 Å². The van der Waals surface area contributed by atoms with Crippen LogP contribution in [0.3, 0.4) is 0 Å². The molecule has 16 heavy (non-hydrogen) atoms. The third-order valence-corrected chi connectivity index (χ3v) is 3.52. The number of benzene rings is 1.